The number of nitrogens with zero attached hydrogens (tertiary/aromatic N) is 2. The molecule has 1 aliphatic rings. The lowest BCUT2D eigenvalue weighted by molar-refractivity contribution is 0.419. The second-order valence-electron chi connectivity index (χ2n) is 13.2. The molecule has 3 nitrogen and oxygen atoms in total. The van der Waals surface area contributed by atoms with Gasteiger partial charge in [0.1, 0.15) is 11.5 Å². The first kappa shape index (κ1) is 20.5. The molecule has 0 saturated carbocycles. The van der Waals surface area contributed by atoms with Crippen molar-refractivity contribution in [3.63, 3.8) is 0 Å². The number of benzene rings is 7. The van der Waals surface area contributed by atoms with Crippen molar-refractivity contribution in [2.24, 2.45) is 0 Å². The molecule has 0 aliphatic carbocycles. The Bertz CT molecular complexity index is 3300. The van der Waals surface area contributed by atoms with Gasteiger partial charge in [0.15, 0.2) is 0 Å². The summed E-state index contributed by atoms with van der Waals surface area (Å²) in [6.45, 7) is -12.2. The number of hydrogen-bond acceptors (Lipinski definition) is 1. The molecule has 10 rings (SSSR count). The molecule has 0 unspecified atom stereocenters. The first-order valence-corrected chi connectivity index (χ1v) is 17.1. The Balaban J connectivity index is 1.27. The van der Waals surface area contributed by atoms with E-state index >= 15 is 0 Å². The zero-order chi connectivity index (χ0) is 45.1. The fourth-order valence-electron chi connectivity index (χ4n) is 8.00. The van der Waals surface area contributed by atoms with Gasteiger partial charge >= 0.3 is 0 Å². The number of hydrogen-bond donors (Lipinski definition) is 0. The summed E-state index contributed by atoms with van der Waals surface area (Å²) in [4.78, 5) is 0. The molecule has 3 heterocycles. The molecule has 3 heteroatoms. The molecular weight excluding hydrogens is 633 g/mol. The Hall–Kier alpha value is -6.32. The Morgan fingerprint density at radius 2 is 1.19 bits per heavy atom. The molecule has 0 fully saturated rings. The van der Waals surface area contributed by atoms with Crippen molar-refractivity contribution >= 4 is 32.8 Å². The summed E-state index contributed by atoms with van der Waals surface area (Å²) < 4.78 is 117. The quantitative estimate of drug-likeness (QED) is 0.181. The van der Waals surface area contributed by atoms with Crippen LogP contribution in [0.5, 0.6) is 11.5 Å². The average molecular weight is 683 g/mol. The highest BCUT2D eigenvalue weighted by Crippen LogP contribution is 2.52. The van der Waals surface area contributed by atoms with Crippen molar-refractivity contribution < 1.29 is 21.2 Å². The zero-order valence-electron chi connectivity index (χ0n) is 39.8. The number of para-hydroxylation sites is 5. The predicted molar refractivity (Wildman–Crippen MR) is 217 cm³/mol. The van der Waals surface area contributed by atoms with E-state index in [1.807, 2.05) is 66.7 Å². The van der Waals surface area contributed by atoms with Gasteiger partial charge in [0.2, 0.25) is 0 Å². The molecule has 0 spiro atoms. The fraction of sp³-hybridized carbons (Fsp3) is 0.102. The van der Waals surface area contributed by atoms with Crippen LogP contribution in [0.2, 0.25) is 0 Å². The fourth-order valence-corrected chi connectivity index (χ4v) is 8.00. The summed E-state index contributed by atoms with van der Waals surface area (Å²) in [6, 6.07) is 46.8. The molecule has 0 radical (unpaired) electrons. The molecule has 7 aromatic carbocycles. The minimum absolute atomic E-state index is 0.0525. The van der Waals surface area contributed by atoms with Crippen LogP contribution in [0.1, 0.15) is 52.4 Å². The van der Waals surface area contributed by atoms with E-state index in [0.29, 0.717) is 5.56 Å². The Morgan fingerprint density at radius 1 is 0.538 bits per heavy atom. The summed E-state index contributed by atoms with van der Waals surface area (Å²) in [7, 11) is 0. The minimum atomic E-state index is -3.17. The number of fused-ring (bicyclic) bond motifs is 7. The van der Waals surface area contributed by atoms with E-state index in [0.717, 1.165) is 44.2 Å². The number of ether oxygens (including phenoxy) is 1. The van der Waals surface area contributed by atoms with Crippen LogP contribution in [-0.4, -0.2) is 9.13 Å². The topological polar surface area (TPSA) is 19.1 Å². The van der Waals surface area contributed by atoms with Gasteiger partial charge in [-0.2, -0.15) is 0 Å². The summed E-state index contributed by atoms with van der Waals surface area (Å²) in [5.41, 5.74) is 2.35. The van der Waals surface area contributed by atoms with Gasteiger partial charge in [-0.05, 0) is 84.0 Å². The maximum atomic E-state index is 9.09. The SMILES string of the molecule is [2H]C([2H])([2H])c1ccc(-c2cccc(-n3c4ccccc4c4c3c3ccccc3n4-c3ccccc3)c2)c(C([2H])([2H])[2H])c1-c1cccc2c1Oc1ccccc1C2(C([2H])([2H])[2H])C([2H])([2H])[2H]. The number of aryl methyl sites for hydroxylation is 1. The van der Waals surface area contributed by atoms with Crippen molar-refractivity contribution in [2.75, 3.05) is 0 Å². The molecule has 2 aromatic heterocycles. The van der Waals surface area contributed by atoms with E-state index in [2.05, 4.69) is 39.5 Å². The van der Waals surface area contributed by atoms with Gasteiger partial charge in [-0.15, -0.1) is 0 Å². The van der Waals surface area contributed by atoms with E-state index in [1.54, 1.807) is 12.1 Å². The first-order chi connectivity index (χ1) is 30.3. The highest BCUT2D eigenvalue weighted by atomic mass is 16.5. The van der Waals surface area contributed by atoms with Crippen molar-refractivity contribution in [3.8, 4) is 45.1 Å². The molecule has 52 heavy (non-hydrogen) atoms. The van der Waals surface area contributed by atoms with Crippen molar-refractivity contribution in [1.82, 2.24) is 9.13 Å². The zero-order valence-corrected chi connectivity index (χ0v) is 27.8. The van der Waals surface area contributed by atoms with E-state index in [9.17, 15) is 0 Å². The van der Waals surface area contributed by atoms with Crippen molar-refractivity contribution in [3.05, 3.63) is 180 Å². The smallest absolute Gasteiger partial charge is 0.139 e. The van der Waals surface area contributed by atoms with Gasteiger partial charge in [-0.3, -0.25) is 0 Å². The van der Waals surface area contributed by atoms with Crippen LogP contribution in [0.3, 0.4) is 0 Å². The first-order valence-electron chi connectivity index (χ1n) is 23.1. The summed E-state index contributed by atoms with van der Waals surface area (Å²) in [5, 5.41) is 1.99. The minimum Gasteiger partial charge on any atom is -0.456 e. The lowest BCUT2D eigenvalue weighted by Gasteiger charge is -2.35. The van der Waals surface area contributed by atoms with Gasteiger partial charge in [0.25, 0.3) is 0 Å². The summed E-state index contributed by atoms with van der Waals surface area (Å²) in [5.74, 6) is -0.297. The highest BCUT2D eigenvalue weighted by molar-refractivity contribution is 6.20. The normalized spacial score (nSPS) is 17.7. The molecule has 0 N–H and O–H groups in total. The van der Waals surface area contributed by atoms with Gasteiger partial charge in [0.05, 0.1) is 22.1 Å². The maximum Gasteiger partial charge on any atom is 0.139 e. The van der Waals surface area contributed by atoms with Gasteiger partial charge < -0.3 is 13.9 Å². The molecule has 250 valence electrons. The third-order valence-electron chi connectivity index (χ3n) is 10.3. The van der Waals surface area contributed by atoms with Crippen molar-refractivity contribution in [2.45, 2.75) is 32.8 Å². The second-order valence-corrected chi connectivity index (χ2v) is 13.2. The molecule has 0 amide bonds. The van der Waals surface area contributed by atoms with Crippen LogP contribution in [0.25, 0.3) is 66.5 Å². The van der Waals surface area contributed by atoms with Gasteiger partial charge in [-0.1, -0.05) is 129 Å². The van der Waals surface area contributed by atoms with Crippen LogP contribution < -0.4 is 4.74 Å². The van der Waals surface area contributed by atoms with Crippen LogP contribution >= 0.6 is 0 Å². The summed E-state index contributed by atoms with van der Waals surface area (Å²) >= 11 is 0. The number of rotatable bonds is 4. The Kier molecular flexibility index (Phi) is 4.48. The molecule has 1 aliphatic heterocycles. The van der Waals surface area contributed by atoms with E-state index in [-0.39, 0.29) is 50.4 Å². The Labute approximate surface area is 320 Å². The van der Waals surface area contributed by atoms with E-state index in [4.69, 9.17) is 21.2 Å². The monoisotopic (exact) mass is 682 g/mol. The lowest BCUT2D eigenvalue weighted by Crippen LogP contribution is -2.24. The maximum absolute atomic E-state index is 9.09. The van der Waals surface area contributed by atoms with E-state index in [1.165, 1.54) is 48.5 Å². The van der Waals surface area contributed by atoms with Gasteiger partial charge in [-0.25, -0.2) is 0 Å². The largest absolute Gasteiger partial charge is 0.456 e. The predicted octanol–water partition coefficient (Wildman–Crippen LogP) is 13.1. The average Bonchev–Trinajstić information content (AvgIpc) is 3.76. The molecule has 9 aromatic rings. The van der Waals surface area contributed by atoms with Crippen LogP contribution in [0, 0.1) is 13.7 Å². The Morgan fingerprint density at radius 3 is 1.94 bits per heavy atom. The standard InChI is InChI=1S/C49H38N2O/c1-31-28-29-36(32(2)45(31)39-22-15-24-41-48(39)52-44-27-13-10-23-40(44)49(41,3)4)33-16-14-19-35(30-33)51-43-26-12-9-21-38(43)46-47(51)37-20-8-11-25-42(37)50(46)34-17-6-5-7-18-34/h5-30H,1-4H3/i1D3,2D3,3D3,4D3. The lowest BCUT2D eigenvalue weighted by atomic mass is 9.74. The molecular formula is C49H38N2O. The van der Waals surface area contributed by atoms with Crippen LogP contribution in [0.4, 0.5) is 0 Å². The molecule has 0 bridgehead atoms. The third-order valence-corrected chi connectivity index (χ3v) is 10.3. The number of aromatic nitrogens is 2. The van der Waals surface area contributed by atoms with Crippen molar-refractivity contribution in [1.29, 1.82) is 0 Å². The van der Waals surface area contributed by atoms with Crippen LogP contribution in [0.15, 0.2) is 158 Å². The second kappa shape index (κ2) is 11.3. The highest BCUT2D eigenvalue weighted by Gasteiger charge is 2.35. The van der Waals surface area contributed by atoms with E-state index < -0.39 is 32.8 Å². The summed E-state index contributed by atoms with van der Waals surface area (Å²) in [6.07, 6.45) is 0. The molecule has 0 atom stereocenters. The third kappa shape index (κ3) is 4.32. The van der Waals surface area contributed by atoms with Crippen LogP contribution in [-0.2, 0) is 5.41 Å². The molecule has 0 saturated heterocycles. The van der Waals surface area contributed by atoms with Gasteiger partial charge in [0, 0.05) is 60.7 Å².